The summed E-state index contributed by atoms with van der Waals surface area (Å²) in [6.07, 6.45) is 2.27. The summed E-state index contributed by atoms with van der Waals surface area (Å²) < 4.78 is 3.40. The number of benzene rings is 2. The van der Waals surface area contributed by atoms with E-state index < -0.39 is 0 Å². The Balaban J connectivity index is 1.37. The summed E-state index contributed by atoms with van der Waals surface area (Å²) >= 11 is 1.27. The van der Waals surface area contributed by atoms with Gasteiger partial charge in [0.25, 0.3) is 5.56 Å². The van der Waals surface area contributed by atoms with E-state index >= 15 is 0 Å². The highest BCUT2D eigenvalue weighted by atomic mass is 32.2. The van der Waals surface area contributed by atoms with E-state index in [9.17, 15) is 9.59 Å². The van der Waals surface area contributed by atoms with Gasteiger partial charge in [0.05, 0.1) is 28.0 Å². The van der Waals surface area contributed by atoms with Gasteiger partial charge in [0.1, 0.15) is 5.82 Å². The molecule has 2 heterocycles. The van der Waals surface area contributed by atoms with Crippen LogP contribution in [0.5, 0.6) is 0 Å². The number of carbonyl (C=O) groups is 1. The molecule has 0 unspecified atom stereocenters. The van der Waals surface area contributed by atoms with Gasteiger partial charge in [0, 0.05) is 18.5 Å². The van der Waals surface area contributed by atoms with Gasteiger partial charge in [-0.2, -0.15) is 5.10 Å². The summed E-state index contributed by atoms with van der Waals surface area (Å²) in [5, 5.41) is 8.85. The molecule has 0 bridgehead atoms. The van der Waals surface area contributed by atoms with Crippen molar-refractivity contribution in [3.8, 4) is 5.69 Å². The molecular formula is C24H23N5O2S. The highest BCUT2D eigenvalue weighted by molar-refractivity contribution is 7.99. The minimum atomic E-state index is -0.167. The molecule has 1 aliphatic carbocycles. The second kappa shape index (κ2) is 8.63. The first-order valence-corrected chi connectivity index (χ1v) is 11.7. The van der Waals surface area contributed by atoms with Crippen LogP contribution in [0.2, 0.25) is 0 Å². The Bertz CT molecular complexity index is 1340. The molecule has 1 saturated carbocycles. The van der Waals surface area contributed by atoms with Crippen LogP contribution in [-0.2, 0) is 11.3 Å². The van der Waals surface area contributed by atoms with Gasteiger partial charge in [-0.1, -0.05) is 42.1 Å². The van der Waals surface area contributed by atoms with Gasteiger partial charge < -0.3 is 5.32 Å². The third-order valence-corrected chi connectivity index (χ3v) is 6.44. The number of anilines is 1. The van der Waals surface area contributed by atoms with E-state index in [2.05, 4.69) is 10.3 Å². The molecule has 0 atom stereocenters. The van der Waals surface area contributed by atoms with Crippen molar-refractivity contribution in [3.05, 3.63) is 76.7 Å². The van der Waals surface area contributed by atoms with Crippen LogP contribution in [0.3, 0.4) is 0 Å². The molecule has 0 spiro atoms. The van der Waals surface area contributed by atoms with E-state index in [1.807, 2.05) is 61.5 Å². The first kappa shape index (κ1) is 20.5. The Labute approximate surface area is 189 Å². The minimum absolute atomic E-state index is 0.0859. The Hall–Kier alpha value is -3.39. The Morgan fingerprint density at radius 3 is 2.62 bits per heavy atom. The van der Waals surface area contributed by atoms with Gasteiger partial charge in [0.2, 0.25) is 5.91 Å². The van der Waals surface area contributed by atoms with Crippen molar-refractivity contribution in [2.75, 3.05) is 11.1 Å². The van der Waals surface area contributed by atoms with Crippen LogP contribution in [0.15, 0.2) is 70.6 Å². The summed E-state index contributed by atoms with van der Waals surface area (Å²) in [6, 6.07) is 19.0. The monoisotopic (exact) mass is 445 g/mol. The molecule has 0 saturated heterocycles. The number of thioether (sulfide) groups is 1. The molecule has 4 aromatic rings. The number of rotatable bonds is 7. The predicted octanol–water partition coefficient (Wildman–Crippen LogP) is 4.21. The number of aromatic nitrogens is 4. The van der Waals surface area contributed by atoms with Crippen molar-refractivity contribution >= 4 is 34.4 Å². The third-order valence-electron chi connectivity index (χ3n) is 5.47. The maximum Gasteiger partial charge on any atom is 0.262 e. The van der Waals surface area contributed by atoms with Gasteiger partial charge in [-0.15, -0.1) is 0 Å². The molecule has 5 rings (SSSR count). The number of hydrogen-bond donors (Lipinski definition) is 1. The van der Waals surface area contributed by atoms with Crippen molar-refractivity contribution in [3.63, 3.8) is 0 Å². The number of fused-ring (bicyclic) bond motifs is 1. The third kappa shape index (κ3) is 4.05. The van der Waals surface area contributed by atoms with Gasteiger partial charge in [-0.25, -0.2) is 9.67 Å². The summed E-state index contributed by atoms with van der Waals surface area (Å²) in [5.41, 5.74) is 2.46. The van der Waals surface area contributed by atoms with E-state index in [1.165, 1.54) is 11.8 Å². The standard InChI is InChI=1S/C24H23N5O2S/c1-2-28-23(31)18-10-6-7-11-19(18)25-24(28)32-15-22(30)26-21-14-20(16-12-13-16)27-29(21)17-8-4-3-5-9-17/h3-11,14,16H,2,12-13,15H2,1H3,(H,26,30). The summed E-state index contributed by atoms with van der Waals surface area (Å²) in [7, 11) is 0. The lowest BCUT2D eigenvalue weighted by Gasteiger charge is -2.12. The van der Waals surface area contributed by atoms with E-state index in [0.29, 0.717) is 34.3 Å². The first-order valence-electron chi connectivity index (χ1n) is 10.7. The molecular weight excluding hydrogens is 422 g/mol. The van der Waals surface area contributed by atoms with Crippen molar-refractivity contribution in [1.29, 1.82) is 0 Å². The second-order valence-corrected chi connectivity index (χ2v) is 8.72. The Morgan fingerprint density at radius 2 is 1.88 bits per heavy atom. The average molecular weight is 446 g/mol. The largest absolute Gasteiger partial charge is 0.310 e. The normalized spacial score (nSPS) is 13.4. The zero-order valence-electron chi connectivity index (χ0n) is 17.7. The molecule has 8 heteroatoms. The summed E-state index contributed by atoms with van der Waals surface area (Å²) in [4.78, 5) is 30.2. The lowest BCUT2D eigenvalue weighted by molar-refractivity contribution is -0.113. The zero-order valence-corrected chi connectivity index (χ0v) is 18.5. The molecule has 1 N–H and O–H groups in total. The molecule has 1 amide bonds. The highest BCUT2D eigenvalue weighted by Gasteiger charge is 2.28. The maximum absolute atomic E-state index is 12.8. The molecule has 7 nitrogen and oxygen atoms in total. The van der Waals surface area contributed by atoms with Crippen LogP contribution in [0.25, 0.3) is 16.6 Å². The van der Waals surface area contributed by atoms with Crippen LogP contribution in [0, 0.1) is 0 Å². The fourth-order valence-electron chi connectivity index (χ4n) is 3.68. The molecule has 0 aliphatic heterocycles. The van der Waals surface area contributed by atoms with Crippen LogP contribution in [-0.4, -0.2) is 31.0 Å². The lowest BCUT2D eigenvalue weighted by Crippen LogP contribution is -2.23. The summed E-state index contributed by atoms with van der Waals surface area (Å²) in [5.74, 6) is 1.11. The number of hydrogen-bond acceptors (Lipinski definition) is 5. The minimum Gasteiger partial charge on any atom is -0.310 e. The van der Waals surface area contributed by atoms with Crippen molar-refractivity contribution < 1.29 is 4.79 Å². The van der Waals surface area contributed by atoms with Gasteiger partial charge in [-0.05, 0) is 44.0 Å². The lowest BCUT2D eigenvalue weighted by atomic mass is 10.2. The average Bonchev–Trinajstić information content (AvgIpc) is 3.59. The van der Waals surface area contributed by atoms with Gasteiger partial charge in [0.15, 0.2) is 5.16 Å². The molecule has 1 fully saturated rings. The highest BCUT2D eigenvalue weighted by Crippen LogP contribution is 2.40. The molecule has 0 radical (unpaired) electrons. The van der Waals surface area contributed by atoms with E-state index in [-0.39, 0.29) is 17.2 Å². The van der Waals surface area contributed by atoms with Crippen molar-refractivity contribution in [2.24, 2.45) is 0 Å². The van der Waals surface area contributed by atoms with Gasteiger partial charge in [-0.3, -0.25) is 14.2 Å². The topological polar surface area (TPSA) is 81.8 Å². The summed E-state index contributed by atoms with van der Waals surface area (Å²) in [6.45, 7) is 2.39. The van der Waals surface area contributed by atoms with Crippen LogP contribution in [0.4, 0.5) is 5.82 Å². The smallest absolute Gasteiger partial charge is 0.262 e. The van der Waals surface area contributed by atoms with E-state index in [1.54, 1.807) is 15.3 Å². The quantitative estimate of drug-likeness (QED) is 0.340. The van der Waals surface area contributed by atoms with Crippen LogP contribution < -0.4 is 10.9 Å². The SMILES string of the molecule is CCn1c(SCC(=O)Nc2cc(C3CC3)nn2-c2ccccc2)nc2ccccc2c1=O. The number of para-hydroxylation sites is 2. The number of nitrogens with zero attached hydrogens (tertiary/aromatic N) is 4. The number of nitrogens with one attached hydrogen (secondary N) is 1. The van der Waals surface area contributed by atoms with E-state index in [4.69, 9.17) is 5.10 Å². The van der Waals surface area contributed by atoms with Crippen LogP contribution in [0.1, 0.15) is 31.4 Å². The molecule has 1 aliphatic rings. The number of amides is 1. The fraction of sp³-hybridized carbons (Fsp3) is 0.250. The van der Waals surface area contributed by atoms with Crippen molar-refractivity contribution in [2.45, 2.75) is 37.4 Å². The van der Waals surface area contributed by atoms with E-state index in [0.717, 1.165) is 24.2 Å². The maximum atomic E-state index is 12.8. The molecule has 32 heavy (non-hydrogen) atoms. The second-order valence-electron chi connectivity index (χ2n) is 7.77. The molecule has 162 valence electrons. The number of carbonyl (C=O) groups excluding carboxylic acids is 1. The molecule has 2 aromatic carbocycles. The Morgan fingerprint density at radius 1 is 1.12 bits per heavy atom. The zero-order chi connectivity index (χ0) is 22.1. The van der Waals surface area contributed by atoms with Crippen molar-refractivity contribution in [1.82, 2.24) is 19.3 Å². The first-order chi connectivity index (χ1) is 15.6. The van der Waals surface area contributed by atoms with Gasteiger partial charge >= 0.3 is 0 Å². The Kier molecular flexibility index (Phi) is 5.53. The van der Waals surface area contributed by atoms with Crippen LogP contribution >= 0.6 is 11.8 Å². The predicted molar refractivity (Wildman–Crippen MR) is 127 cm³/mol. The fourth-order valence-corrected chi connectivity index (χ4v) is 4.54. The molecule has 2 aromatic heterocycles.